The Morgan fingerprint density at radius 3 is 2.70 bits per heavy atom. The Balaban J connectivity index is 0.00000261. The third-order valence-electron chi connectivity index (χ3n) is 5.29. The molecule has 0 aliphatic carbocycles. The average molecular weight is 483 g/mol. The highest BCUT2D eigenvalue weighted by Gasteiger charge is 2.20. The van der Waals surface area contributed by atoms with Crippen LogP contribution in [-0.2, 0) is 6.42 Å². The Labute approximate surface area is 180 Å². The summed E-state index contributed by atoms with van der Waals surface area (Å²) in [6.07, 6.45) is 6.94. The van der Waals surface area contributed by atoms with Gasteiger partial charge in [0.15, 0.2) is 5.96 Å². The van der Waals surface area contributed by atoms with E-state index >= 15 is 0 Å². The molecular weight excluding hydrogens is 449 g/mol. The third kappa shape index (κ3) is 6.10. The van der Waals surface area contributed by atoms with Gasteiger partial charge in [-0.3, -0.25) is 9.89 Å². The first-order valence-electron chi connectivity index (χ1n) is 10.1. The summed E-state index contributed by atoms with van der Waals surface area (Å²) in [5, 5.41) is 8.20. The van der Waals surface area contributed by atoms with Crippen LogP contribution in [0.2, 0.25) is 0 Å². The number of guanidine groups is 1. The van der Waals surface area contributed by atoms with Gasteiger partial charge in [0.25, 0.3) is 0 Å². The number of aromatic amines is 1. The van der Waals surface area contributed by atoms with Gasteiger partial charge < -0.3 is 15.6 Å². The van der Waals surface area contributed by atoms with Crippen LogP contribution >= 0.6 is 24.0 Å². The van der Waals surface area contributed by atoms with Crippen LogP contribution in [0.25, 0.3) is 10.9 Å². The molecule has 3 rings (SSSR count). The smallest absolute Gasteiger partial charge is 0.191 e. The van der Waals surface area contributed by atoms with E-state index < -0.39 is 0 Å². The number of benzene rings is 1. The third-order valence-corrected chi connectivity index (χ3v) is 5.29. The molecule has 1 unspecified atom stereocenters. The number of hydrogen-bond donors (Lipinski definition) is 3. The van der Waals surface area contributed by atoms with Crippen LogP contribution in [0, 0.1) is 0 Å². The van der Waals surface area contributed by atoms with Crippen molar-refractivity contribution >= 4 is 40.8 Å². The molecule has 150 valence electrons. The van der Waals surface area contributed by atoms with Crippen molar-refractivity contribution in [3.8, 4) is 0 Å². The molecular formula is C21H34IN5. The fraction of sp³-hybridized carbons (Fsp3) is 0.571. The Morgan fingerprint density at radius 2 is 1.96 bits per heavy atom. The average Bonchev–Trinajstić information content (AvgIpc) is 3.33. The maximum atomic E-state index is 4.86. The van der Waals surface area contributed by atoms with E-state index in [9.17, 15) is 0 Å². The molecule has 1 aliphatic heterocycles. The van der Waals surface area contributed by atoms with Gasteiger partial charge in [-0.2, -0.15) is 0 Å². The fourth-order valence-corrected chi connectivity index (χ4v) is 3.80. The Kier molecular flexibility index (Phi) is 9.41. The molecule has 3 N–H and O–H groups in total. The molecule has 0 bridgehead atoms. The van der Waals surface area contributed by atoms with Gasteiger partial charge in [0, 0.05) is 36.2 Å². The summed E-state index contributed by atoms with van der Waals surface area (Å²) in [5.74, 6) is 0.935. The van der Waals surface area contributed by atoms with Crippen molar-refractivity contribution in [1.82, 2.24) is 20.5 Å². The van der Waals surface area contributed by atoms with Crippen molar-refractivity contribution in [3.63, 3.8) is 0 Å². The van der Waals surface area contributed by atoms with Crippen LogP contribution in [0.15, 0.2) is 35.5 Å². The van der Waals surface area contributed by atoms with Crippen LogP contribution in [0.3, 0.4) is 0 Å². The molecule has 1 atom stereocenters. The van der Waals surface area contributed by atoms with Gasteiger partial charge in [-0.15, -0.1) is 24.0 Å². The molecule has 0 spiro atoms. The molecule has 6 heteroatoms. The SMILES string of the molecule is CCNC(=NCC(CC)N1CCCC1)NCCc1c[nH]c2ccccc12.I. The van der Waals surface area contributed by atoms with Crippen molar-refractivity contribution in [2.75, 3.05) is 32.7 Å². The summed E-state index contributed by atoms with van der Waals surface area (Å²) < 4.78 is 0. The lowest BCUT2D eigenvalue weighted by Crippen LogP contribution is -2.40. The number of nitrogens with zero attached hydrogens (tertiary/aromatic N) is 2. The monoisotopic (exact) mass is 483 g/mol. The van der Waals surface area contributed by atoms with Crippen LogP contribution in [0.1, 0.15) is 38.7 Å². The number of likely N-dealkylation sites (tertiary alicyclic amines) is 1. The van der Waals surface area contributed by atoms with Crippen molar-refractivity contribution in [2.45, 2.75) is 45.6 Å². The standard InChI is InChI=1S/C21H33N5.HI/c1-3-18(26-13-7-8-14-26)16-25-21(22-4-2)23-12-11-17-15-24-20-10-6-5-9-19(17)20;/h5-6,9-10,15,18,24H,3-4,7-8,11-14,16H2,1-2H3,(H2,22,23,25);1H. The van der Waals surface area contributed by atoms with Gasteiger partial charge >= 0.3 is 0 Å². The van der Waals surface area contributed by atoms with E-state index in [2.05, 4.69) is 64.8 Å². The van der Waals surface area contributed by atoms with Gasteiger partial charge in [-0.25, -0.2) is 0 Å². The molecule has 1 fully saturated rings. The number of hydrogen-bond acceptors (Lipinski definition) is 2. The van der Waals surface area contributed by atoms with E-state index in [1.54, 1.807) is 0 Å². The molecule has 2 aromatic rings. The highest BCUT2D eigenvalue weighted by molar-refractivity contribution is 14.0. The molecule has 2 heterocycles. The van der Waals surface area contributed by atoms with E-state index in [0.717, 1.165) is 38.4 Å². The predicted molar refractivity (Wildman–Crippen MR) is 126 cm³/mol. The molecule has 0 radical (unpaired) electrons. The second-order valence-electron chi connectivity index (χ2n) is 7.06. The van der Waals surface area contributed by atoms with E-state index in [-0.39, 0.29) is 24.0 Å². The summed E-state index contributed by atoms with van der Waals surface area (Å²) >= 11 is 0. The van der Waals surface area contributed by atoms with Crippen molar-refractivity contribution in [3.05, 3.63) is 36.0 Å². The minimum absolute atomic E-state index is 0. The quantitative estimate of drug-likeness (QED) is 0.305. The highest BCUT2D eigenvalue weighted by atomic mass is 127. The van der Waals surface area contributed by atoms with E-state index in [1.807, 2.05) is 0 Å². The Morgan fingerprint density at radius 1 is 1.19 bits per heavy atom. The lowest BCUT2D eigenvalue weighted by molar-refractivity contribution is 0.242. The number of halogens is 1. The topological polar surface area (TPSA) is 55.5 Å². The number of aliphatic imine (C=N–C) groups is 1. The highest BCUT2D eigenvalue weighted by Crippen LogP contribution is 2.17. The molecule has 5 nitrogen and oxygen atoms in total. The molecule has 1 aromatic carbocycles. The zero-order valence-corrected chi connectivity index (χ0v) is 19.0. The summed E-state index contributed by atoms with van der Waals surface area (Å²) in [6, 6.07) is 9.05. The molecule has 0 amide bonds. The minimum atomic E-state index is 0. The largest absolute Gasteiger partial charge is 0.361 e. The van der Waals surface area contributed by atoms with E-state index in [1.165, 1.54) is 42.4 Å². The van der Waals surface area contributed by atoms with Crippen LogP contribution < -0.4 is 10.6 Å². The number of H-pyrrole nitrogens is 1. The lowest BCUT2D eigenvalue weighted by atomic mass is 10.1. The molecule has 1 saturated heterocycles. The van der Waals surface area contributed by atoms with Crippen molar-refractivity contribution in [1.29, 1.82) is 0 Å². The number of aromatic nitrogens is 1. The van der Waals surface area contributed by atoms with E-state index in [0.29, 0.717) is 6.04 Å². The number of rotatable bonds is 8. The molecule has 0 saturated carbocycles. The van der Waals surface area contributed by atoms with Gasteiger partial charge in [-0.05, 0) is 57.3 Å². The van der Waals surface area contributed by atoms with Gasteiger partial charge in [0.1, 0.15) is 0 Å². The first-order chi connectivity index (χ1) is 12.8. The zero-order chi connectivity index (χ0) is 18.2. The molecule has 1 aliphatic rings. The Hall–Kier alpha value is -1.28. The van der Waals surface area contributed by atoms with Crippen molar-refractivity contribution < 1.29 is 0 Å². The molecule has 27 heavy (non-hydrogen) atoms. The summed E-state index contributed by atoms with van der Waals surface area (Å²) in [6.45, 7) is 9.51. The second kappa shape index (κ2) is 11.5. The normalized spacial score (nSPS) is 16.3. The van der Waals surface area contributed by atoms with Crippen molar-refractivity contribution in [2.24, 2.45) is 4.99 Å². The van der Waals surface area contributed by atoms with E-state index in [4.69, 9.17) is 4.99 Å². The zero-order valence-electron chi connectivity index (χ0n) is 16.6. The maximum Gasteiger partial charge on any atom is 0.191 e. The minimum Gasteiger partial charge on any atom is -0.361 e. The number of para-hydroxylation sites is 1. The second-order valence-corrected chi connectivity index (χ2v) is 7.06. The summed E-state index contributed by atoms with van der Waals surface area (Å²) in [7, 11) is 0. The van der Waals surface area contributed by atoms with Crippen LogP contribution in [0.5, 0.6) is 0 Å². The number of nitrogens with one attached hydrogen (secondary N) is 3. The van der Waals surface area contributed by atoms with Gasteiger partial charge in [0.2, 0.25) is 0 Å². The maximum absolute atomic E-state index is 4.86. The predicted octanol–water partition coefficient (Wildman–Crippen LogP) is 3.76. The summed E-state index contributed by atoms with van der Waals surface area (Å²) in [4.78, 5) is 10.8. The number of fused-ring (bicyclic) bond motifs is 1. The van der Waals surface area contributed by atoms with Gasteiger partial charge in [0.05, 0.1) is 6.54 Å². The first kappa shape index (κ1) is 22.0. The van der Waals surface area contributed by atoms with Crippen LogP contribution in [0.4, 0.5) is 0 Å². The van der Waals surface area contributed by atoms with Gasteiger partial charge in [-0.1, -0.05) is 25.1 Å². The Bertz CT molecular complexity index is 705. The lowest BCUT2D eigenvalue weighted by Gasteiger charge is -2.25. The molecule has 1 aromatic heterocycles. The fourth-order valence-electron chi connectivity index (χ4n) is 3.80. The summed E-state index contributed by atoms with van der Waals surface area (Å²) in [5.41, 5.74) is 2.56. The first-order valence-corrected chi connectivity index (χ1v) is 10.1. The van der Waals surface area contributed by atoms with Crippen LogP contribution in [-0.4, -0.2) is 54.6 Å².